The zero-order valence-electron chi connectivity index (χ0n) is 11.6. The summed E-state index contributed by atoms with van der Waals surface area (Å²) in [4.78, 5) is 0. The van der Waals surface area contributed by atoms with E-state index >= 15 is 0 Å². The minimum absolute atomic E-state index is 0.216. The highest BCUT2D eigenvalue weighted by Crippen LogP contribution is 2.50. The maximum Gasteiger partial charge on any atom is 0.0641 e. The van der Waals surface area contributed by atoms with Crippen LogP contribution in [0.3, 0.4) is 0 Å². The number of nitrogens with one attached hydrogen (secondary N) is 1. The van der Waals surface area contributed by atoms with Crippen molar-refractivity contribution >= 4 is 0 Å². The van der Waals surface area contributed by atoms with Crippen molar-refractivity contribution in [2.45, 2.75) is 53.1 Å². The van der Waals surface area contributed by atoms with Crippen LogP contribution in [0.2, 0.25) is 0 Å². The van der Waals surface area contributed by atoms with Gasteiger partial charge < -0.3 is 5.32 Å². The maximum atomic E-state index is 8.88. The van der Waals surface area contributed by atoms with E-state index in [1.165, 1.54) is 24.1 Å². The summed E-state index contributed by atoms with van der Waals surface area (Å²) in [7, 11) is 0. The monoisotopic (exact) mass is 246 g/mol. The second-order valence-corrected chi connectivity index (χ2v) is 5.42. The van der Waals surface area contributed by atoms with Crippen molar-refractivity contribution in [2.75, 3.05) is 6.54 Å². The zero-order valence-corrected chi connectivity index (χ0v) is 11.6. The highest BCUT2D eigenvalue weighted by molar-refractivity contribution is 5.24. The summed E-state index contributed by atoms with van der Waals surface area (Å²) < 4.78 is 2.10. The van der Waals surface area contributed by atoms with E-state index in [1.54, 1.807) is 0 Å². The number of rotatable bonds is 6. The fraction of sp³-hybridized carbons (Fsp3) is 0.714. The standard InChI is InChI=1S/C14H22N4/c1-4-16-9-13-11(2)17-18(12(13)3)10-14(5-6-14)7-8-15/h16H,4-7,9-10H2,1-3H3. The van der Waals surface area contributed by atoms with Crippen LogP contribution in [-0.4, -0.2) is 16.3 Å². The van der Waals surface area contributed by atoms with Gasteiger partial charge in [0.05, 0.1) is 11.8 Å². The van der Waals surface area contributed by atoms with Gasteiger partial charge in [-0.1, -0.05) is 6.92 Å². The molecule has 0 spiro atoms. The highest BCUT2D eigenvalue weighted by atomic mass is 15.3. The molecule has 1 aromatic rings. The molecule has 1 heterocycles. The second kappa shape index (κ2) is 5.11. The lowest BCUT2D eigenvalue weighted by Crippen LogP contribution is -2.15. The van der Waals surface area contributed by atoms with Gasteiger partial charge in [0.25, 0.3) is 0 Å². The molecule has 4 nitrogen and oxygen atoms in total. The van der Waals surface area contributed by atoms with Crippen LogP contribution >= 0.6 is 0 Å². The number of nitrogens with zero attached hydrogens (tertiary/aromatic N) is 3. The Labute approximate surface area is 109 Å². The number of aromatic nitrogens is 2. The zero-order chi connectivity index (χ0) is 13.2. The van der Waals surface area contributed by atoms with Crippen LogP contribution in [0.5, 0.6) is 0 Å². The quantitative estimate of drug-likeness (QED) is 0.838. The van der Waals surface area contributed by atoms with E-state index in [0.717, 1.165) is 25.3 Å². The minimum atomic E-state index is 0.216. The predicted octanol–water partition coefficient (Wildman–Crippen LogP) is 2.30. The van der Waals surface area contributed by atoms with Crippen LogP contribution < -0.4 is 5.32 Å². The Hall–Kier alpha value is -1.34. The van der Waals surface area contributed by atoms with Crippen LogP contribution in [0, 0.1) is 30.6 Å². The van der Waals surface area contributed by atoms with Crippen LogP contribution in [0.4, 0.5) is 0 Å². The first-order valence-corrected chi connectivity index (χ1v) is 6.72. The summed E-state index contributed by atoms with van der Waals surface area (Å²) in [6, 6.07) is 2.31. The molecule has 1 saturated carbocycles. The Morgan fingerprint density at radius 3 is 2.72 bits per heavy atom. The molecule has 0 saturated heterocycles. The lowest BCUT2D eigenvalue weighted by molar-refractivity contribution is 0.397. The van der Waals surface area contributed by atoms with Crippen LogP contribution in [0.15, 0.2) is 0 Å². The van der Waals surface area contributed by atoms with E-state index < -0.39 is 0 Å². The molecule has 1 N–H and O–H groups in total. The molecule has 0 bridgehead atoms. The molecule has 98 valence electrons. The fourth-order valence-electron chi connectivity index (χ4n) is 2.45. The molecule has 18 heavy (non-hydrogen) atoms. The lowest BCUT2D eigenvalue weighted by Gasteiger charge is -2.12. The van der Waals surface area contributed by atoms with Gasteiger partial charge in [-0.2, -0.15) is 10.4 Å². The van der Waals surface area contributed by atoms with Crippen molar-refractivity contribution in [2.24, 2.45) is 5.41 Å². The summed E-state index contributed by atoms with van der Waals surface area (Å²) in [5.74, 6) is 0. The summed E-state index contributed by atoms with van der Waals surface area (Å²) >= 11 is 0. The molecular formula is C14H22N4. The van der Waals surface area contributed by atoms with Gasteiger partial charge in [-0.3, -0.25) is 4.68 Å². The van der Waals surface area contributed by atoms with E-state index in [2.05, 4.69) is 41.9 Å². The molecule has 0 aliphatic heterocycles. The highest BCUT2D eigenvalue weighted by Gasteiger charge is 2.43. The number of aryl methyl sites for hydroxylation is 1. The van der Waals surface area contributed by atoms with Crippen LogP contribution in [0.1, 0.15) is 43.1 Å². The van der Waals surface area contributed by atoms with E-state index in [0.29, 0.717) is 6.42 Å². The first-order valence-electron chi connectivity index (χ1n) is 6.72. The third-order valence-corrected chi connectivity index (χ3v) is 3.98. The average Bonchev–Trinajstić information content (AvgIpc) is 3.03. The molecule has 0 unspecified atom stereocenters. The minimum Gasteiger partial charge on any atom is -0.313 e. The number of hydrogen-bond acceptors (Lipinski definition) is 3. The summed E-state index contributed by atoms with van der Waals surface area (Å²) in [6.07, 6.45) is 3.00. The Morgan fingerprint density at radius 1 is 1.44 bits per heavy atom. The van der Waals surface area contributed by atoms with Crippen LogP contribution in [0.25, 0.3) is 0 Å². The fourth-order valence-corrected chi connectivity index (χ4v) is 2.45. The molecule has 2 rings (SSSR count). The molecule has 4 heteroatoms. The van der Waals surface area contributed by atoms with Gasteiger partial charge in [-0.05, 0) is 33.2 Å². The summed E-state index contributed by atoms with van der Waals surface area (Å²) in [5.41, 5.74) is 3.89. The molecule has 0 aromatic carbocycles. The Kier molecular flexibility index (Phi) is 3.72. The summed E-state index contributed by atoms with van der Waals surface area (Å²) in [6.45, 7) is 9.08. The normalized spacial score (nSPS) is 16.6. The second-order valence-electron chi connectivity index (χ2n) is 5.42. The topological polar surface area (TPSA) is 53.6 Å². The largest absolute Gasteiger partial charge is 0.313 e. The molecule has 0 radical (unpaired) electrons. The Morgan fingerprint density at radius 2 is 2.17 bits per heavy atom. The number of hydrogen-bond donors (Lipinski definition) is 1. The van der Waals surface area contributed by atoms with Gasteiger partial charge in [0, 0.05) is 36.2 Å². The van der Waals surface area contributed by atoms with Gasteiger partial charge in [0.2, 0.25) is 0 Å². The Balaban J connectivity index is 2.12. The molecule has 0 atom stereocenters. The van der Waals surface area contributed by atoms with Crippen molar-refractivity contribution in [1.29, 1.82) is 5.26 Å². The van der Waals surface area contributed by atoms with Gasteiger partial charge in [-0.15, -0.1) is 0 Å². The smallest absolute Gasteiger partial charge is 0.0641 e. The first kappa shape index (κ1) is 13.1. The van der Waals surface area contributed by atoms with Crippen molar-refractivity contribution in [3.05, 3.63) is 17.0 Å². The third kappa shape index (κ3) is 2.56. The maximum absolute atomic E-state index is 8.88. The summed E-state index contributed by atoms with van der Waals surface area (Å²) in [5, 5.41) is 16.9. The van der Waals surface area contributed by atoms with E-state index in [9.17, 15) is 0 Å². The molecule has 1 fully saturated rings. The first-order chi connectivity index (χ1) is 8.62. The molecular weight excluding hydrogens is 224 g/mol. The van der Waals surface area contributed by atoms with Gasteiger partial charge >= 0.3 is 0 Å². The van der Waals surface area contributed by atoms with Crippen molar-refractivity contribution in [3.63, 3.8) is 0 Å². The van der Waals surface area contributed by atoms with Crippen LogP contribution in [-0.2, 0) is 13.1 Å². The van der Waals surface area contributed by atoms with Gasteiger partial charge in [0.15, 0.2) is 0 Å². The molecule has 1 aliphatic rings. The third-order valence-electron chi connectivity index (χ3n) is 3.98. The van der Waals surface area contributed by atoms with E-state index in [4.69, 9.17) is 5.26 Å². The van der Waals surface area contributed by atoms with Gasteiger partial charge in [-0.25, -0.2) is 0 Å². The lowest BCUT2D eigenvalue weighted by atomic mass is 10.0. The van der Waals surface area contributed by atoms with Crippen molar-refractivity contribution in [3.8, 4) is 6.07 Å². The van der Waals surface area contributed by atoms with Crippen molar-refractivity contribution in [1.82, 2.24) is 15.1 Å². The number of nitriles is 1. The average molecular weight is 246 g/mol. The molecule has 1 aromatic heterocycles. The molecule has 0 amide bonds. The van der Waals surface area contributed by atoms with E-state index in [1.807, 2.05) is 0 Å². The predicted molar refractivity (Wildman–Crippen MR) is 71.0 cm³/mol. The van der Waals surface area contributed by atoms with Gasteiger partial charge in [0.1, 0.15) is 0 Å². The van der Waals surface area contributed by atoms with E-state index in [-0.39, 0.29) is 5.41 Å². The molecule has 1 aliphatic carbocycles. The Bertz CT molecular complexity index is 463. The SMILES string of the molecule is CCNCc1c(C)nn(CC2(CC#N)CC2)c1C. The van der Waals surface area contributed by atoms with Crippen molar-refractivity contribution < 1.29 is 0 Å².